The van der Waals surface area contributed by atoms with Crippen molar-refractivity contribution < 1.29 is 4.79 Å². The summed E-state index contributed by atoms with van der Waals surface area (Å²) in [6.45, 7) is 1.79. The summed E-state index contributed by atoms with van der Waals surface area (Å²) in [6.07, 6.45) is 2.04. The van der Waals surface area contributed by atoms with Crippen molar-refractivity contribution in [3.05, 3.63) is 65.8 Å². The standard InChI is InChI=1S/C23H20ClN5O/c1-3-18(30)29(2)23-22(25)27-20(14-8-5-4-6-9-14)21(28-23)16-12-15-10-7-11-26-19(15)17(24)13-16/h4-13H,3H2,1-2H3,(H2,25,27). The van der Waals surface area contributed by atoms with Crippen LogP contribution in [-0.4, -0.2) is 27.9 Å². The molecule has 2 heterocycles. The predicted molar refractivity (Wildman–Crippen MR) is 121 cm³/mol. The minimum atomic E-state index is -0.102. The number of carbonyl (C=O) groups excluding carboxylic acids is 1. The molecule has 6 nitrogen and oxygen atoms in total. The Bertz CT molecular complexity index is 1240. The molecule has 0 aliphatic rings. The Labute approximate surface area is 179 Å². The van der Waals surface area contributed by atoms with Crippen molar-refractivity contribution in [3.8, 4) is 22.5 Å². The van der Waals surface area contributed by atoms with Crippen LogP contribution in [0.5, 0.6) is 0 Å². The van der Waals surface area contributed by atoms with E-state index in [1.165, 1.54) is 4.90 Å². The lowest BCUT2D eigenvalue weighted by atomic mass is 10.0. The highest BCUT2D eigenvalue weighted by atomic mass is 35.5. The van der Waals surface area contributed by atoms with Gasteiger partial charge in [0.1, 0.15) is 0 Å². The molecule has 0 spiro atoms. The molecular formula is C23H20ClN5O. The second-order valence-corrected chi connectivity index (χ2v) is 7.24. The van der Waals surface area contributed by atoms with Crippen LogP contribution in [0.2, 0.25) is 5.02 Å². The first-order chi connectivity index (χ1) is 14.5. The number of hydrogen-bond donors (Lipinski definition) is 1. The predicted octanol–water partition coefficient (Wildman–Crippen LogP) is 4.97. The first-order valence-electron chi connectivity index (χ1n) is 9.53. The van der Waals surface area contributed by atoms with Crippen LogP contribution in [0.3, 0.4) is 0 Å². The molecule has 1 amide bonds. The monoisotopic (exact) mass is 417 g/mol. The van der Waals surface area contributed by atoms with E-state index >= 15 is 0 Å². The highest BCUT2D eigenvalue weighted by Crippen LogP contribution is 2.36. The Hall–Kier alpha value is -3.51. The molecule has 0 saturated carbocycles. The molecule has 7 heteroatoms. The zero-order valence-corrected chi connectivity index (χ0v) is 17.4. The van der Waals surface area contributed by atoms with Crippen LogP contribution >= 0.6 is 11.6 Å². The van der Waals surface area contributed by atoms with Crippen molar-refractivity contribution in [1.82, 2.24) is 15.0 Å². The lowest BCUT2D eigenvalue weighted by Crippen LogP contribution is -2.27. The van der Waals surface area contributed by atoms with E-state index in [9.17, 15) is 4.79 Å². The lowest BCUT2D eigenvalue weighted by Gasteiger charge is -2.20. The van der Waals surface area contributed by atoms with Crippen LogP contribution in [0, 0.1) is 0 Å². The van der Waals surface area contributed by atoms with Gasteiger partial charge in [0.2, 0.25) is 5.91 Å². The summed E-state index contributed by atoms with van der Waals surface area (Å²) >= 11 is 6.52. The first-order valence-corrected chi connectivity index (χ1v) is 9.91. The second kappa shape index (κ2) is 8.08. The van der Waals surface area contributed by atoms with Crippen LogP contribution < -0.4 is 10.6 Å². The molecule has 4 rings (SSSR count). The highest BCUT2D eigenvalue weighted by molar-refractivity contribution is 6.35. The number of pyridine rings is 1. The van der Waals surface area contributed by atoms with Crippen molar-refractivity contribution in [3.63, 3.8) is 0 Å². The number of hydrogen-bond acceptors (Lipinski definition) is 5. The maximum atomic E-state index is 12.3. The van der Waals surface area contributed by atoms with E-state index in [1.54, 1.807) is 20.2 Å². The van der Waals surface area contributed by atoms with Gasteiger partial charge in [-0.1, -0.05) is 54.9 Å². The van der Waals surface area contributed by atoms with Gasteiger partial charge in [0.25, 0.3) is 0 Å². The van der Waals surface area contributed by atoms with Crippen molar-refractivity contribution in [2.75, 3.05) is 17.7 Å². The molecule has 0 saturated heterocycles. The Kier molecular flexibility index (Phi) is 5.33. The van der Waals surface area contributed by atoms with E-state index in [2.05, 4.69) is 9.97 Å². The SMILES string of the molecule is CCC(=O)N(C)c1nc(-c2cc(Cl)c3ncccc3c2)c(-c2ccccc2)nc1N. The Morgan fingerprint density at radius 1 is 1.03 bits per heavy atom. The minimum Gasteiger partial charge on any atom is -0.381 e. The Morgan fingerprint density at radius 2 is 1.77 bits per heavy atom. The smallest absolute Gasteiger partial charge is 0.227 e. The van der Waals surface area contributed by atoms with Gasteiger partial charge in [0.05, 0.1) is 21.9 Å². The third-order valence-corrected chi connectivity index (χ3v) is 5.16. The molecule has 0 radical (unpaired) electrons. The molecule has 150 valence electrons. The lowest BCUT2D eigenvalue weighted by molar-refractivity contribution is -0.118. The van der Waals surface area contributed by atoms with Gasteiger partial charge in [-0.25, -0.2) is 9.97 Å². The maximum absolute atomic E-state index is 12.3. The van der Waals surface area contributed by atoms with Crippen molar-refractivity contribution in [2.45, 2.75) is 13.3 Å². The number of amides is 1. The third kappa shape index (κ3) is 3.57. The molecule has 0 bridgehead atoms. The molecule has 0 aliphatic heterocycles. The fourth-order valence-corrected chi connectivity index (χ4v) is 3.60. The fourth-order valence-electron chi connectivity index (χ4n) is 3.32. The fraction of sp³-hybridized carbons (Fsp3) is 0.130. The van der Waals surface area contributed by atoms with Gasteiger partial charge in [-0.3, -0.25) is 14.7 Å². The topological polar surface area (TPSA) is 85.0 Å². The van der Waals surface area contributed by atoms with Gasteiger partial charge in [0, 0.05) is 36.2 Å². The molecular weight excluding hydrogens is 398 g/mol. The quantitative estimate of drug-likeness (QED) is 0.506. The van der Waals surface area contributed by atoms with Crippen molar-refractivity contribution >= 4 is 40.0 Å². The number of benzene rings is 2. The van der Waals surface area contributed by atoms with Crippen molar-refractivity contribution in [1.29, 1.82) is 0 Å². The number of anilines is 2. The Morgan fingerprint density at radius 3 is 2.50 bits per heavy atom. The van der Waals surface area contributed by atoms with E-state index in [4.69, 9.17) is 22.3 Å². The zero-order chi connectivity index (χ0) is 21.3. The molecule has 0 fully saturated rings. The average molecular weight is 418 g/mol. The number of fused-ring (bicyclic) bond motifs is 1. The van der Waals surface area contributed by atoms with Crippen LogP contribution in [-0.2, 0) is 4.79 Å². The molecule has 0 atom stereocenters. The van der Waals surface area contributed by atoms with Crippen LogP contribution in [0.4, 0.5) is 11.6 Å². The number of halogens is 1. The maximum Gasteiger partial charge on any atom is 0.227 e. The third-order valence-electron chi connectivity index (χ3n) is 4.88. The number of aromatic nitrogens is 3. The molecule has 30 heavy (non-hydrogen) atoms. The summed E-state index contributed by atoms with van der Waals surface area (Å²) in [6, 6.07) is 17.2. The van der Waals surface area contributed by atoms with Gasteiger partial charge in [-0.15, -0.1) is 0 Å². The van der Waals surface area contributed by atoms with Gasteiger partial charge >= 0.3 is 0 Å². The number of nitrogen functional groups attached to an aromatic ring is 1. The molecule has 2 aromatic carbocycles. The number of nitrogens with two attached hydrogens (primary N) is 1. The molecule has 0 unspecified atom stereocenters. The summed E-state index contributed by atoms with van der Waals surface area (Å²) < 4.78 is 0. The van der Waals surface area contributed by atoms with E-state index in [1.807, 2.05) is 54.6 Å². The van der Waals surface area contributed by atoms with Gasteiger partial charge in [-0.05, 0) is 18.2 Å². The summed E-state index contributed by atoms with van der Waals surface area (Å²) in [7, 11) is 1.65. The van der Waals surface area contributed by atoms with Crippen molar-refractivity contribution in [2.24, 2.45) is 0 Å². The van der Waals surface area contributed by atoms with Crippen LogP contribution in [0.25, 0.3) is 33.4 Å². The van der Waals surface area contributed by atoms with E-state index in [-0.39, 0.29) is 11.7 Å². The van der Waals surface area contributed by atoms with Gasteiger partial charge in [-0.2, -0.15) is 0 Å². The molecule has 0 aliphatic carbocycles. The Balaban J connectivity index is 2.00. The average Bonchev–Trinajstić information content (AvgIpc) is 2.78. The minimum absolute atomic E-state index is 0.102. The number of carbonyl (C=O) groups is 1. The van der Waals surface area contributed by atoms with Gasteiger partial charge in [0.15, 0.2) is 11.6 Å². The molecule has 2 N–H and O–H groups in total. The summed E-state index contributed by atoms with van der Waals surface area (Å²) in [5.74, 6) is 0.407. The highest BCUT2D eigenvalue weighted by Gasteiger charge is 2.21. The molecule has 4 aromatic rings. The van der Waals surface area contributed by atoms with Crippen LogP contribution in [0.15, 0.2) is 60.8 Å². The van der Waals surface area contributed by atoms with E-state index in [0.717, 1.165) is 16.5 Å². The first kappa shape index (κ1) is 19.8. The zero-order valence-electron chi connectivity index (χ0n) is 16.6. The summed E-state index contributed by atoms with van der Waals surface area (Å²) in [5, 5.41) is 1.40. The van der Waals surface area contributed by atoms with E-state index < -0.39 is 0 Å². The van der Waals surface area contributed by atoms with Crippen LogP contribution in [0.1, 0.15) is 13.3 Å². The largest absolute Gasteiger partial charge is 0.381 e. The summed E-state index contributed by atoms with van der Waals surface area (Å²) in [5.41, 5.74) is 9.78. The number of nitrogens with zero attached hydrogens (tertiary/aromatic N) is 4. The number of rotatable bonds is 4. The molecule has 2 aromatic heterocycles. The normalized spacial score (nSPS) is 10.9. The second-order valence-electron chi connectivity index (χ2n) is 6.84. The van der Waals surface area contributed by atoms with E-state index in [0.29, 0.717) is 34.2 Å². The summed E-state index contributed by atoms with van der Waals surface area (Å²) in [4.78, 5) is 27.5. The van der Waals surface area contributed by atoms with Gasteiger partial charge < -0.3 is 5.73 Å².